The number of benzene rings is 3. The average Bonchev–Trinajstić information content (AvgIpc) is 2.76. The summed E-state index contributed by atoms with van der Waals surface area (Å²) in [7, 11) is 0. The Morgan fingerprint density at radius 3 is 2.34 bits per heavy atom. The fraction of sp³-hybridized carbons (Fsp3) is 0.120. The summed E-state index contributed by atoms with van der Waals surface area (Å²) in [4.78, 5) is 12.6. The summed E-state index contributed by atoms with van der Waals surface area (Å²) in [5, 5.41) is 13.5. The maximum Gasteiger partial charge on any atom is 0.266 e. The Labute approximate surface area is 202 Å². The smallest absolute Gasteiger partial charge is 0.266 e. The Morgan fingerprint density at radius 2 is 1.72 bits per heavy atom. The fourth-order valence-corrected chi connectivity index (χ4v) is 3.67. The zero-order valence-corrected chi connectivity index (χ0v) is 19.6. The molecule has 0 aliphatic heterocycles. The molecular weight excluding hydrogens is 467 g/mol. The number of aryl methyl sites for hydroxylation is 1. The van der Waals surface area contributed by atoms with Gasteiger partial charge in [-0.05, 0) is 72.5 Å². The van der Waals surface area contributed by atoms with E-state index in [0.29, 0.717) is 22.0 Å². The number of carbonyl (C=O) groups excluding carboxylic acids is 1. The standard InChI is InChI=1S/C25H19Cl3N2O2/c1-15-4-3-5-23(16(15)2)30-25(31)19(13-29)10-18-11-21(27)24(22(28)12-18)32-14-17-6-8-20(26)9-7-17/h3-12H,14H2,1-2H3,(H,30,31)/b19-10+. The lowest BCUT2D eigenvalue weighted by molar-refractivity contribution is -0.112. The van der Waals surface area contributed by atoms with Crippen LogP contribution in [0.5, 0.6) is 5.75 Å². The van der Waals surface area contributed by atoms with Crippen LogP contribution in [0.1, 0.15) is 22.3 Å². The normalized spacial score (nSPS) is 11.1. The van der Waals surface area contributed by atoms with Crippen LogP contribution in [0.3, 0.4) is 0 Å². The summed E-state index contributed by atoms with van der Waals surface area (Å²) in [5.41, 5.74) is 3.96. The van der Waals surface area contributed by atoms with Gasteiger partial charge in [0.25, 0.3) is 5.91 Å². The third-order valence-corrected chi connectivity index (χ3v) is 5.66. The molecule has 0 bridgehead atoms. The highest BCUT2D eigenvalue weighted by molar-refractivity contribution is 6.37. The third-order valence-electron chi connectivity index (χ3n) is 4.85. The Morgan fingerprint density at radius 1 is 1.06 bits per heavy atom. The van der Waals surface area contributed by atoms with E-state index in [4.69, 9.17) is 39.5 Å². The number of halogens is 3. The van der Waals surface area contributed by atoms with E-state index in [2.05, 4.69) is 5.32 Å². The van der Waals surface area contributed by atoms with Crippen molar-refractivity contribution in [3.63, 3.8) is 0 Å². The first-order valence-electron chi connectivity index (χ1n) is 9.64. The molecule has 3 aromatic rings. The molecule has 0 fully saturated rings. The van der Waals surface area contributed by atoms with Gasteiger partial charge in [0.05, 0.1) is 10.0 Å². The zero-order valence-electron chi connectivity index (χ0n) is 17.4. The second-order valence-corrected chi connectivity index (χ2v) is 8.35. The lowest BCUT2D eigenvalue weighted by atomic mass is 10.1. The molecule has 0 radical (unpaired) electrons. The molecule has 7 heteroatoms. The molecule has 1 N–H and O–H groups in total. The molecule has 162 valence electrons. The Bertz CT molecular complexity index is 1210. The van der Waals surface area contributed by atoms with E-state index in [9.17, 15) is 10.1 Å². The molecule has 0 aromatic heterocycles. The minimum absolute atomic E-state index is 0.0760. The number of nitriles is 1. The first-order valence-corrected chi connectivity index (χ1v) is 10.8. The number of nitrogens with zero attached hydrogens (tertiary/aromatic N) is 1. The van der Waals surface area contributed by atoms with Gasteiger partial charge in [0, 0.05) is 10.7 Å². The lowest BCUT2D eigenvalue weighted by Gasteiger charge is -2.12. The van der Waals surface area contributed by atoms with Gasteiger partial charge in [0.1, 0.15) is 18.2 Å². The molecule has 0 aliphatic rings. The molecule has 0 unspecified atom stereocenters. The van der Waals surface area contributed by atoms with Crippen molar-refractivity contribution in [2.45, 2.75) is 20.5 Å². The minimum Gasteiger partial charge on any atom is -0.486 e. The van der Waals surface area contributed by atoms with Gasteiger partial charge in [0.15, 0.2) is 5.75 Å². The van der Waals surface area contributed by atoms with E-state index in [1.165, 1.54) is 6.08 Å². The molecule has 1 amide bonds. The van der Waals surface area contributed by atoms with Crippen molar-refractivity contribution in [2.75, 3.05) is 5.32 Å². The van der Waals surface area contributed by atoms with Crippen LogP contribution in [0.4, 0.5) is 5.69 Å². The Balaban J connectivity index is 1.78. The molecule has 3 aromatic carbocycles. The third kappa shape index (κ3) is 5.83. The predicted octanol–water partition coefficient (Wildman–Crippen LogP) is 7.39. The van der Waals surface area contributed by atoms with E-state index in [0.717, 1.165) is 16.7 Å². The van der Waals surface area contributed by atoms with E-state index < -0.39 is 5.91 Å². The highest BCUT2D eigenvalue weighted by Crippen LogP contribution is 2.35. The second kappa shape index (κ2) is 10.6. The number of hydrogen-bond donors (Lipinski definition) is 1. The van der Waals surface area contributed by atoms with Crippen LogP contribution < -0.4 is 10.1 Å². The number of ether oxygens (including phenoxy) is 1. The largest absolute Gasteiger partial charge is 0.486 e. The van der Waals surface area contributed by atoms with Crippen molar-refractivity contribution in [3.05, 3.63) is 97.5 Å². The number of amides is 1. The SMILES string of the molecule is Cc1cccc(NC(=O)/C(C#N)=C/c2cc(Cl)c(OCc3ccc(Cl)cc3)c(Cl)c2)c1C. The number of hydrogen-bond acceptors (Lipinski definition) is 3. The number of anilines is 1. The molecule has 0 heterocycles. The average molecular weight is 486 g/mol. The molecule has 0 spiro atoms. The summed E-state index contributed by atoms with van der Waals surface area (Å²) in [5.74, 6) is -0.199. The lowest BCUT2D eigenvalue weighted by Crippen LogP contribution is -2.14. The number of carbonyl (C=O) groups is 1. The van der Waals surface area contributed by atoms with E-state index in [-0.39, 0.29) is 22.2 Å². The quantitative estimate of drug-likeness (QED) is 0.292. The monoisotopic (exact) mass is 484 g/mol. The summed E-state index contributed by atoms with van der Waals surface area (Å²) in [6.07, 6.45) is 1.43. The van der Waals surface area contributed by atoms with Gasteiger partial charge >= 0.3 is 0 Å². The van der Waals surface area contributed by atoms with Crippen LogP contribution in [0.15, 0.2) is 60.2 Å². The maximum atomic E-state index is 12.6. The van der Waals surface area contributed by atoms with Crippen LogP contribution in [0.25, 0.3) is 6.08 Å². The van der Waals surface area contributed by atoms with E-state index in [1.54, 1.807) is 30.3 Å². The van der Waals surface area contributed by atoms with Crippen molar-refractivity contribution in [1.82, 2.24) is 0 Å². The van der Waals surface area contributed by atoms with Crippen LogP contribution in [0.2, 0.25) is 15.1 Å². The highest BCUT2D eigenvalue weighted by Gasteiger charge is 2.14. The number of nitrogens with one attached hydrogen (secondary N) is 1. The van der Waals surface area contributed by atoms with Crippen molar-refractivity contribution in [2.24, 2.45) is 0 Å². The molecule has 3 rings (SSSR count). The van der Waals surface area contributed by atoms with Gasteiger partial charge in [-0.15, -0.1) is 0 Å². The molecule has 0 saturated carbocycles. The minimum atomic E-state index is -0.517. The van der Waals surface area contributed by atoms with Crippen LogP contribution >= 0.6 is 34.8 Å². The van der Waals surface area contributed by atoms with Crippen LogP contribution in [-0.4, -0.2) is 5.91 Å². The molecule has 4 nitrogen and oxygen atoms in total. The van der Waals surface area contributed by atoms with E-state index in [1.807, 2.05) is 44.2 Å². The van der Waals surface area contributed by atoms with Gasteiger partial charge in [-0.2, -0.15) is 5.26 Å². The molecule has 0 saturated heterocycles. The Hall–Kier alpha value is -2.97. The van der Waals surface area contributed by atoms with Crippen LogP contribution in [0, 0.1) is 25.2 Å². The van der Waals surface area contributed by atoms with Gasteiger partial charge in [-0.1, -0.05) is 59.1 Å². The topological polar surface area (TPSA) is 62.1 Å². The van der Waals surface area contributed by atoms with Gasteiger partial charge in [0.2, 0.25) is 0 Å². The first-order chi connectivity index (χ1) is 15.3. The second-order valence-electron chi connectivity index (χ2n) is 7.10. The molecular formula is C25H19Cl3N2O2. The molecule has 0 atom stereocenters. The summed E-state index contributed by atoms with van der Waals surface area (Å²) in [6.45, 7) is 4.11. The predicted molar refractivity (Wildman–Crippen MR) is 130 cm³/mol. The van der Waals surface area contributed by atoms with E-state index >= 15 is 0 Å². The summed E-state index contributed by atoms with van der Waals surface area (Å²) < 4.78 is 5.76. The van der Waals surface area contributed by atoms with Crippen molar-refractivity contribution >= 4 is 52.5 Å². The fourth-order valence-electron chi connectivity index (χ4n) is 2.93. The highest BCUT2D eigenvalue weighted by atomic mass is 35.5. The molecule has 32 heavy (non-hydrogen) atoms. The van der Waals surface area contributed by atoms with Gasteiger partial charge < -0.3 is 10.1 Å². The Kier molecular flexibility index (Phi) is 7.82. The first kappa shape index (κ1) is 23.7. The van der Waals surface area contributed by atoms with Crippen molar-refractivity contribution < 1.29 is 9.53 Å². The van der Waals surface area contributed by atoms with Gasteiger partial charge in [-0.25, -0.2) is 0 Å². The van der Waals surface area contributed by atoms with Crippen molar-refractivity contribution in [1.29, 1.82) is 5.26 Å². The van der Waals surface area contributed by atoms with Crippen LogP contribution in [-0.2, 0) is 11.4 Å². The van der Waals surface area contributed by atoms with Crippen molar-refractivity contribution in [3.8, 4) is 11.8 Å². The maximum absolute atomic E-state index is 12.6. The van der Waals surface area contributed by atoms with Gasteiger partial charge in [-0.3, -0.25) is 4.79 Å². The summed E-state index contributed by atoms with van der Waals surface area (Å²) >= 11 is 18.6. The number of rotatable bonds is 6. The molecule has 0 aliphatic carbocycles. The summed E-state index contributed by atoms with van der Waals surface area (Å²) in [6, 6.07) is 17.9. The zero-order chi connectivity index (χ0) is 23.3.